The Bertz CT molecular complexity index is 1310. The van der Waals surface area contributed by atoms with Gasteiger partial charge in [0.2, 0.25) is 0 Å². The lowest BCUT2D eigenvalue weighted by atomic mass is 10.0. The van der Waals surface area contributed by atoms with E-state index < -0.39 is 23.8 Å². The van der Waals surface area contributed by atoms with Crippen molar-refractivity contribution in [1.82, 2.24) is 14.9 Å². The molecule has 3 aromatic rings. The minimum atomic E-state index is -3.00. The lowest BCUT2D eigenvalue weighted by Gasteiger charge is -2.28. The maximum atomic E-state index is 14.9. The van der Waals surface area contributed by atoms with Gasteiger partial charge in [-0.2, -0.15) is 0 Å². The molecule has 2 aromatic carbocycles. The van der Waals surface area contributed by atoms with E-state index in [1.54, 1.807) is 30.9 Å². The molecule has 0 bridgehead atoms. The smallest absolute Gasteiger partial charge is 0.266 e. The summed E-state index contributed by atoms with van der Waals surface area (Å²) < 4.78 is 47.0. The van der Waals surface area contributed by atoms with E-state index in [2.05, 4.69) is 20.6 Å². The number of nitrogens with two attached hydrogens (primary N) is 1. The van der Waals surface area contributed by atoms with Crippen LogP contribution < -0.4 is 16.4 Å². The van der Waals surface area contributed by atoms with Crippen LogP contribution in [0.3, 0.4) is 0 Å². The van der Waals surface area contributed by atoms with E-state index in [-0.39, 0.29) is 23.2 Å². The fourth-order valence-electron chi connectivity index (χ4n) is 4.40. The number of nitrogens with one attached hydrogen (secondary N) is 2. The minimum absolute atomic E-state index is 0.000593. The summed E-state index contributed by atoms with van der Waals surface area (Å²) in [4.78, 5) is 24.2. The average Bonchev–Trinajstić information content (AvgIpc) is 2.84. The molecule has 1 aromatic heterocycles. The standard InChI is InChI=1S/C26H31F3N6O2/c1-13(2)31-22-11-18-21(12-19(22)26(36)35-5-7-37-8-6-35)33-15(4)34-25(18)32-14(3)17-9-16(30)10-20(23(17)27)24(28)29/h9-14,24,31H,5-8,30H2,1-4H3,(H,32,33,34). The number of hydrogen-bond acceptors (Lipinski definition) is 7. The first-order chi connectivity index (χ1) is 17.5. The van der Waals surface area contributed by atoms with Crippen molar-refractivity contribution in [3.05, 3.63) is 52.6 Å². The molecule has 1 unspecified atom stereocenters. The summed E-state index contributed by atoms with van der Waals surface area (Å²) in [5.41, 5.74) is 6.68. The molecule has 1 aliphatic heterocycles. The summed E-state index contributed by atoms with van der Waals surface area (Å²) in [7, 11) is 0. The summed E-state index contributed by atoms with van der Waals surface area (Å²) in [6, 6.07) is 5.08. The van der Waals surface area contributed by atoms with Gasteiger partial charge in [0.15, 0.2) is 0 Å². The molecule has 1 amide bonds. The predicted octanol–water partition coefficient (Wildman–Crippen LogP) is 5.06. The maximum Gasteiger partial charge on any atom is 0.266 e. The Morgan fingerprint density at radius 1 is 1.05 bits per heavy atom. The molecule has 37 heavy (non-hydrogen) atoms. The quantitative estimate of drug-likeness (QED) is 0.377. The summed E-state index contributed by atoms with van der Waals surface area (Å²) in [6.45, 7) is 9.22. The van der Waals surface area contributed by atoms with Crippen molar-refractivity contribution in [1.29, 1.82) is 0 Å². The number of carbonyl (C=O) groups is 1. The van der Waals surface area contributed by atoms with E-state index >= 15 is 0 Å². The van der Waals surface area contributed by atoms with Gasteiger partial charge in [0.05, 0.1) is 35.9 Å². The van der Waals surface area contributed by atoms with Crippen molar-refractivity contribution in [3.63, 3.8) is 0 Å². The number of fused-ring (bicyclic) bond motifs is 1. The Morgan fingerprint density at radius 2 is 1.73 bits per heavy atom. The first-order valence-electron chi connectivity index (χ1n) is 12.1. The molecule has 1 saturated heterocycles. The Labute approximate surface area is 213 Å². The Kier molecular flexibility index (Phi) is 7.72. The number of halogens is 3. The van der Waals surface area contributed by atoms with E-state index in [1.165, 1.54) is 6.07 Å². The van der Waals surface area contributed by atoms with Gasteiger partial charge in [0, 0.05) is 41.5 Å². The average molecular weight is 517 g/mol. The maximum absolute atomic E-state index is 14.9. The van der Waals surface area contributed by atoms with Crippen molar-refractivity contribution < 1.29 is 22.7 Å². The number of nitrogen functional groups attached to an aromatic ring is 1. The van der Waals surface area contributed by atoms with Crippen LogP contribution in [0.2, 0.25) is 0 Å². The van der Waals surface area contributed by atoms with E-state index in [0.717, 1.165) is 6.07 Å². The van der Waals surface area contributed by atoms with Crippen molar-refractivity contribution >= 4 is 34.0 Å². The van der Waals surface area contributed by atoms with Gasteiger partial charge in [0.1, 0.15) is 17.5 Å². The molecule has 1 fully saturated rings. The molecule has 2 heterocycles. The number of aryl methyl sites for hydroxylation is 1. The largest absolute Gasteiger partial charge is 0.399 e. The minimum Gasteiger partial charge on any atom is -0.399 e. The van der Waals surface area contributed by atoms with Crippen LogP contribution >= 0.6 is 0 Å². The highest BCUT2D eigenvalue weighted by molar-refractivity contribution is 6.05. The third-order valence-corrected chi connectivity index (χ3v) is 6.13. The summed E-state index contributed by atoms with van der Waals surface area (Å²) in [5.74, 6) is -0.334. The highest BCUT2D eigenvalue weighted by atomic mass is 19.3. The first kappa shape index (κ1) is 26.5. The third kappa shape index (κ3) is 5.71. The second kappa shape index (κ2) is 10.8. The zero-order valence-electron chi connectivity index (χ0n) is 21.2. The van der Waals surface area contributed by atoms with Gasteiger partial charge in [-0.25, -0.2) is 23.1 Å². The van der Waals surface area contributed by atoms with Crippen LogP contribution in [0, 0.1) is 12.7 Å². The van der Waals surface area contributed by atoms with Gasteiger partial charge in [-0.15, -0.1) is 0 Å². The number of rotatable bonds is 7. The van der Waals surface area contributed by atoms with Crippen LogP contribution in [0.25, 0.3) is 10.9 Å². The third-order valence-electron chi connectivity index (χ3n) is 6.13. The second-order valence-corrected chi connectivity index (χ2v) is 9.42. The van der Waals surface area contributed by atoms with E-state index in [0.29, 0.717) is 60.1 Å². The van der Waals surface area contributed by atoms with Gasteiger partial charge in [-0.1, -0.05) is 0 Å². The van der Waals surface area contributed by atoms with Crippen LogP contribution in [0.4, 0.5) is 30.4 Å². The molecule has 1 aliphatic rings. The molecule has 0 aliphatic carbocycles. The van der Waals surface area contributed by atoms with Gasteiger partial charge in [-0.3, -0.25) is 4.79 Å². The lowest BCUT2D eigenvalue weighted by molar-refractivity contribution is 0.0303. The summed E-state index contributed by atoms with van der Waals surface area (Å²) in [6.07, 6.45) is -3.00. The van der Waals surface area contributed by atoms with Gasteiger partial charge in [-0.05, 0) is 52.0 Å². The topological polar surface area (TPSA) is 105 Å². The molecule has 11 heteroatoms. The Hall–Kier alpha value is -3.60. The van der Waals surface area contributed by atoms with Crippen molar-refractivity contribution in [2.75, 3.05) is 42.7 Å². The van der Waals surface area contributed by atoms with Crippen LogP contribution in [-0.4, -0.2) is 53.1 Å². The molecule has 0 spiro atoms. The number of ether oxygens (including phenoxy) is 1. The number of carbonyl (C=O) groups excluding carboxylic acids is 1. The Balaban J connectivity index is 1.78. The molecular formula is C26H31F3N6O2. The summed E-state index contributed by atoms with van der Waals surface area (Å²) in [5, 5.41) is 7.06. The van der Waals surface area contributed by atoms with Crippen LogP contribution in [-0.2, 0) is 4.74 Å². The number of amides is 1. The zero-order valence-corrected chi connectivity index (χ0v) is 21.2. The first-order valence-corrected chi connectivity index (χ1v) is 12.1. The lowest BCUT2D eigenvalue weighted by Crippen LogP contribution is -2.41. The molecule has 198 valence electrons. The van der Waals surface area contributed by atoms with Crippen LogP contribution in [0.1, 0.15) is 60.5 Å². The number of hydrogen-bond donors (Lipinski definition) is 3. The molecule has 1 atom stereocenters. The van der Waals surface area contributed by atoms with Gasteiger partial charge >= 0.3 is 0 Å². The SMILES string of the molecule is Cc1nc(NC(C)c2cc(N)cc(C(F)F)c2F)c2cc(NC(C)C)c(C(=O)N3CCOCC3)cc2n1. The Morgan fingerprint density at radius 3 is 2.38 bits per heavy atom. The number of benzene rings is 2. The molecule has 0 saturated carbocycles. The van der Waals surface area contributed by atoms with Gasteiger partial charge < -0.3 is 26.0 Å². The molecule has 4 N–H and O–H groups in total. The van der Waals surface area contributed by atoms with Crippen molar-refractivity contribution in [2.45, 2.75) is 46.2 Å². The number of anilines is 3. The number of morpholine rings is 1. The fourth-order valence-corrected chi connectivity index (χ4v) is 4.40. The second-order valence-electron chi connectivity index (χ2n) is 9.42. The number of alkyl halides is 2. The van der Waals surface area contributed by atoms with E-state index in [9.17, 15) is 18.0 Å². The van der Waals surface area contributed by atoms with E-state index in [1.807, 2.05) is 13.8 Å². The highest BCUT2D eigenvalue weighted by Crippen LogP contribution is 2.34. The van der Waals surface area contributed by atoms with Crippen LogP contribution in [0.15, 0.2) is 24.3 Å². The number of aromatic nitrogens is 2. The fraction of sp³-hybridized carbons (Fsp3) is 0.423. The number of nitrogens with zero attached hydrogens (tertiary/aromatic N) is 3. The molecule has 0 radical (unpaired) electrons. The predicted molar refractivity (Wildman–Crippen MR) is 138 cm³/mol. The highest BCUT2D eigenvalue weighted by Gasteiger charge is 2.25. The van der Waals surface area contributed by atoms with Crippen LogP contribution in [0.5, 0.6) is 0 Å². The molecule has 8 nitrogen and oxygen atoms in total. The van der Waals surface area contributed by atoms with Crippen molar-refractivity contribution in [3.8, 4) is 0 Å². The van der Waals surface area contributed by atoms with Crippen molar-refractivity contribution in [2.24, 2.45) is 0 Å². The zero-order chi connectivity index (χ0) is 26.9. The van der Waals surface area contributed by atoms with Gasteiger partial charge in [0.25, 0.3) is 12.3 Å². The molecular weight excluding hydrogens is 485 g/mol. The monoisotopic (exact) mass is 516 g/mol. The normalized spacial score (nSPS) is 14.9. The van der Waals surface area contributed by atoms with E-state index in [4.69, 9.17) is 10.5 Å². The summed E-state index contributed by atoms with van der Waals surface area (Å²) >= 11 is 0. The molecule has 4 rings (SSSR count).